The standard InChI is InChI=1S/C10H14F2Si/c1-2-4-9(13)7-5-3-6-8(11)10(7)12/h3,5-6,9H,2,4H2,1,13H3. The van der Waals surface area contributed by atoms with Crippen molar-refractivity contribution >= 4 is 10.2 Å². The van der Waals surface area contributed by atoms with Gasteiger partial charge in [0, 0.05) is 10.2 Å². The van der Waals surface area contributed by atoms with Crippen molar-refractivity contribution in [2.24, 2.45) is 0 Å². The van der Waals surface area contributed by atoms with Gasteiger partial charge < -0.3 is 0 Å². The molecule has 1 atom stereocenters. The second-order valence-corrected chi connectivity index (χ2v) is 4.73. The van der Waals surface area contributed by atoms with Crippen LogP contribution in [0.15, 0.2) is 18.2 Å². The molecule has 0 N–H and O–H groups in total. The lowest BCUT2D eigenvalue weighted by molar-refractivity contribution is 0.495. The molecule has 0 aliphatic heterocycles. The third-order valence-corrected chi connectivity index (χ3v) is 3.43. The molecule has 0 heterocycles. The molecule has 0 aromatic heterocycles. The van der Waals surface area contributed by atoms with E-state index in [9.17, 15) is 8.78 Å². The maximum Gasteiger partial charge on any atom is 0.161 e. The van der Waals surface area contributed by atoms with Crippen molar-refractivity contribution < 1.29 is 8.78 Å². The van der Waals surface area contributed by atoms with Crippen LogP contribution < -0.4 is 0 Å². The minimum atomic E-state index is -0.727. The Bertz CT molecular complexity index is 286. The summed E-state index contributed by atoms with van der Waals surface area (Å²) in [5.74, 6) is -1.38. The van der Waals surface area contributed by atoms with Crippen molar-refractivity contribution in [2.45, 2.75) is 25.3 Å². The fourth-order valence-electron chi connectivity index (χ4n) is 1.49. The van der Waals surface area contributed by atoms with E-state index in [1.807, 2.05) is 0 Å². The first-order valence-electron chi connectivity index (χ1n) is 4.60. The molecular weight excluding hydrogens is 186 g/mol. The molecule has 0 amide bonds. The maximum absolute atomic E-state index is 13.2. The first kappa shape index (κ1) is 10.4. The molecule has 1 aromatic rings. The largest absolute Gasteiger partial charge is 0.204 e. The van der Waals surface area contributed by atoms with Crippen molar-refractivity contribution in [2.75, 3.05) is 0 Å². The molecular formula is C10H14F2Si. The summed E-state index contributed by atoms with van der Waals surface area (Å²) in [7, 11) is 0.876. The normalized spacial score (nSPS) is 13.2. The Morgan fingerprint density at radius 2 is 2.08 bits per heavy atom. The number of benzene rings is 1. The summed E-state index contributed by atoms with van der Waals surface area (Å²) in [6.45, 7) is 2.06. The maximum atomic E-state index is 13.2. The topological polar surface area (TPSA) is 0 Å². The van der Waals surface area contributed by atoms with E-state index >= 15 is 0 Å². The van der Waals surface area contributed by atoms with Crippen LogP contribution in [0.5, 0.6) is 0 Å². The fraction of sp³-hybridized carbons (Fsp3) is 0.400. The smallest absolute Gasteiger partial charge is 0.161 e. The van der Waals surface area contributed by atoms with E-state index in [1.165, 1.54) is 6.07 Å². The van der Waals surface area contributed by atoms with Crippen LogP contribution in [-0.4, -0.2) is 10.2 Å². The highest BCUT2D eigenvalue weighted by molar-refractivity contribution is 6.12. The molecule has 0 saturated carbocycles. The van der Waals surface area contributed by atoms with Crippen molar-refractivity contribution in [3.05, 3.63) is 35.4 Å². The number of hydrogen-bond donors (Lipinski definition) is 0. The van der Waals surface area contributed by atoms with E-state index in [4.69, 9.17) is 0 Å². The van der Waals surface area contributed by atoms with Gasteiger partial charge in [0.25, 0.3) is 0 Å². The second kappa shape index (κ2) is 4.51. The van der Waals surface area contributed by atoms with Gasteiger partial charge in [-0.2, -0.15) is 0 Å². The van der Waals surface area contributed by atoms with Gasteiger partial charge in [0.15, 0.2) is 11.6 Å². The first-order chi connectivity index (χ1) is 6.16. The van der Waals surface area contributed by atoms with Crippen LogP contribution in [0.1, 0.15) is 30.9 Å². The molecule has 0 saturated heterocycles. The van der Waals surface area contributed by atoms with Crippen LogP contribution in [0.2, 0.25) is 0 Å². The zero-order valence-corrected chi connectivity index (χ0v) is 9.98. The number of halogens is 2. The van der Waals surface area contributed by atoms with Crippen LogP contribution in [0.25, 0.3) is 0 Å². The van der Waals surface area contributed by atoms with Crippen molar-refractivity contribution in [3.63, 3.8) is 0 Å². The Morgan fingerprint density at radius 3 is 2.69 bits per heavy atom. The summed E-state index contributed by atoms with van der Waals surface area (Å²) in [4.78, 5) is 0. The Morgan fingerprint density at radius 1 is 1.38 bits per heavy atom. The van der Waals surface area contributed by atoms with E-state index < -0.39 is 11.6 Å². The van der Waals surface area contributed by atoms with E-state index in [1.54, 1.807) is 12.1 Å². The molecule has 0 radical (unpaired) electrons. The average Bonchev–Trinajstić information content (AvgIpc) is 2.10. The van der Waals surface area contributed by atoms with Gasteiger partial charge in [-0.05, 0) is 23.6 Å². The highest BCUT2D eigenvalue weighted by atomic mass is 28.1. The lowest BCUT2D eigenvalue weighted by Crippen LogP contribution is -2.02. The van der Waals surface area contributed by atoms with Crippen LogP contribution in [0.4, 0.5) is 8.78 Å². The van der Waals surface area contributed by atoms with E-state index in [0.717, 1.165) is 23.1 Å². The summed E-state index contributed by atoms with van der Waals surface area (Å²) in [6.07, 6.45) is 1.97. The zero-order chi connectivity index (χ0) is 9.84. The highest BCUT2D eigenvalue weighted by Crippen LogP contribution is 2.22. The molecule has 13 heavy (non-hydrogen) atoms. The summed E-state index contributed by atoms with van der Waals surface area (Å²) in [5, 5.41) is 0. The molecule has 3 heteroatoms. The molecule has 0 bridgehead atoms. The fourth-order valence-corrected chi connectivity index (χ4v) is 2.51. The van der Waals surface area contributed by atoms with E-state index in [2.05, 4.69) is 6.92 Å². The summed E-state index contributed by atoms with van der Waals surface area (Å²) >= 11 is 0. The van der Waals surface area contributed by atoms with E-state index in [-0.39, 0.29) is 5.54 Å². The predicted molar refractivity (Wildman–Crippen MR) is 53.9 cm³/mol. The third-order valence-electron chi connectivity index (χ3n) is 2.23. The number of hydrogen-bond acceptors (Lipinski definition) is 0. The quantitative estimate of drug-likeness (QED) is 0.656. The third kappa shape index (κ3) is 2.37. The second-order valence-electron chi connectivity index (χ2n) is 3.33. The van der Waals surface area contributed by atoms with Crippen LogP contribution in [0.3, 0.4) is 0 Å². The molecule has 0 nitrogen and oxygen atoms in total. The molecule has 0 aliphatic rings. The monoisotopic (exact) mass is 200 g/mol. The van der Waals surface area contributed by atoms with Gasteiger partial charge in [-0.15, -0.1) is 0 Å². The first-order valence-corrected chi connectivity index (χ1v) is 5.76. The lowest BCUT2D eigenvalue weighted by Gasteiger charge is -2.11. The summed E-state index contributed by atoms with van der Waals surface area (Å²) < 4.78 is 26.0. The molecule has 1 unspecified atom stereocenters. The van der Waals surface area contributed by atoms with Crippen LogP contribution in [0, 0.1) is 11.6 Å². The number of rotatable bonds is 3. The van der Waals surface area contributed by atoms with Crippen LogP contribution in [-0.2, 0) is 0 Å². The van der Waals surface area contributed by atoms with Gasteiger partial charge in [-0.3, -0.25) is 0 Å². The van der Waals surface area contributed by atoms with Gasteiger partial charge in [0.1, 0.15) is 0 Å². The van der Waals surface area contributed by atoms with Gasteiger partial charge in [-0.25, -0.2) is 8.78 Å². The van der Waals surface area contributed by atoms with E-state index in [0.29, 0.717) is 5.56 Å². The molecule has 0 fully saturated rings. The Hall–Kier alpha value is -0.703. The van der Waals surface area contributed by atoms with Crippen molar-refractivity contribution in [3.8, 4) is 0 Å². The summed E-state index contributed by atoms with van der Waals surface area (Å²) in [5.41, 5.74) is 0.786. The van der Waals surface area contributed by atoms with Gasteiger partial charge in [0.05, 0.1) is 0 Å². The Kier molecular flexibility index (Phi) is 3.60. The highest BCUT2D eigenvalue weighted by Gasteiger charge is 2.12. The summed E-state index contributed by atoms with van der Waals surface area (Å²) in [6, 6.07) is 4.43. The SMILES string of the molecule is CCCC([SiH3])c1cccc(F)c1F. The van der Waals surface area contributed by atoms with Crippen molar-refractivity contribution in [1.29, 1.82) is 0 Å². The Labute approximate surface area is 80.4 Å². The molecule has 1 rings (SSSR count). The minimum Gasteiger partial charge on any atom is -0.204 e. The van der Waals surface area contributed by atoms with Gasteiger partial charge >= 0.3 is 0 Å². The lowest BCUT2D eigenvalue weighted by atomic mass is 10.1. The Balaban J connectivity index is 2.93. The van der Waals surface area contributed by atoms with Gasteiger partial charge in [0.2, 0.25) is 0 Å². The zero-order valence-electron chi connectivity index (χ0n) is 7.98. The molecule has 1 aromatic carbocycles. The van der Waals surface area contributed by atoms with Crippen molar-refractivity contribution in [1.82, 2.24) is 0 Å². The average molecular weight is 200 g/mol. The molecule has 0 spiro atoms. The van der Waals surface area contributed by atoms with Gasteiger partial charge in [-0.1, -0.05) is 25.5 Å². The van der Waals surface area contributed by atoms with Crippen LogP contribution >= 0.6 is 0 Å². The molecule has 0 aliphatic carbocycles. The minimum absolute atomic E-state index is 0.237. The predicted octanol–water partition coefficient (Wildman–Crippen LogP) is 2.17. The molecule has 72 valence electrons.